The summed E-state index contributed by atoms with van der Waals surface area (Å²) in [5, 5.41) is 9.62. The largest absolute Gasteiger partial charge is 0.494 e. The van der Waals surface area contributed by atoms with Gasteiger partial charge in [0.15, 0.2) is 5.69 Å². The third-order valence-electron chi connectivity index (χ3n) is 4.05. The smallest absolute Gasteiger partial charge is 0.433 e. The number of pyridine rings is 1. The summed E-state index contributed by atoms with van der Waals surface area (Å²) in [5.41, 5.74) is 4.06. The van der Waals surface area contributed by atoms with Gasteiger partial charge in [0.2, 0.25) is 5.89 Å². The number of alkyl halides is 3. The van der Waals surface area contributed by atoms with E-state index in [-0.39, 0.29) is 60.1 Å². The molecule has 2 aromatic heterocycles. The Morgan fingerprint density at radius 3 is 2.66 bits per heavy atom. The maximum atomic E-state index is 13.0. The first-order valence-corrected chi connectivity index (χ1v) is 8.32. The van der Waals surface area contributed by atoms with Crippen LogP contribution in [0.25, 0.3) is 22.4 Å². The summed E-state index contributed by atoms with van der Waals surface area (Å²) in [6.07, 6.45) is -4.53. The molecule has 1 aromatic carbocycles. The zero-order valence-electron chi connectivity index (χ0n) is 15.1. The van der Waals surface area contributed by atoms with Gasteiger partial charge in [0.1, 0.15) is 22.7 Å². The molecule has 0 spiro atoms. The summed E-state index contributed by atoms with van der Waals surface area (Å²) in [6, 6.07) is 4.95. The van der Waals surface area contributed by atoms with Gasteiger partial charge in [-0.3, -0.25) is 0 Å². The number of nitrogens with two attached hydrogens (primary N) is 1. The van der Waals surface area contributed by atoms with Gasteiger partial charge in [0.25, 0.3) is 7.48 Å². The molecule has 0 saturated carbocycles. The monoisotopic (exact) mass is 409 g/mol. The van der Waals surface area contributed by atoms with Crippen molar-refractivity contribution in [3.05, 3.63) is 41.4 Å². The van der Waals surface area contributed by atoms with Crippen molar-refractivity contribution in [1.82, 2.24) is 9.97 Å². The van der Waals surface area contributed by atoms with E-state index in [1.807, 2.05) is 0 Å². The number of aromatic carboxylic acids is 1. The normalized spacial score (nSPS) is 11.6. The SMILES string of the molecule is COc1ccc(-c2nc(C(=O)O)c(CBOCN)o2)c2ccc(C(F)(F)F)nc12. The molecule has 0 unspecified atom stereocenters. The molecule has 0 aliphatic rings. The Morgan fingerprint density at radius 1 is 1.28 bits per heavy atom. The number of benzene rings is 1. The van der Waals surface area contributed by atoms with Crippen molar-refractivity contribution in [2.24, 2.45) is 5.73 Å². The number of aromatic nitrogens is 2. The van der Waals surface area contributed by atoms with Gasteiger partial charge in [0.05, 0.1) is 13.8 Å². The van der Waals surface area contributed by atoms with Crippen LogP contribution in [0.1, 0.15) is 21.9 Å². The van der Waals surface area contributed by atoms with E-state index in [1.54, 1.807) is 0 Å². The van der Waals surface area contributed by atoms with Crippen molar-refractivity contribution in [3.63, 3.8) is 0 Å². The van der Waals surface area contributed by atoms with E-state index >= 15 is 0 Å². The summed E-state index contributed by atoms with van der Waals surface area (Å²) >= 11 is 0. The molecule has 0 bridgehead atoms. The van der Waals surface area contributed by atoms with E-state index in [9.17, 15) is 23.1 Å². The molecule has 0 amide bonds. The minimum absolute atomic E-state index is 0.0419. The number of oxazole rings is 1. The Balaban J connectivity index is 2.15. The Morgan fingerprint density at radius 2 is 2.03 bits per heavy atom. The number of carboxylic acid groups (broad SMARTS) is 1. The van der Waals surface area contributed by atoms with Crippen LogP contribution in [-0.4, -0.2) is 42.4 Å². The van der Waals surface area contributed by atoms with Crippen LogP contribution >= 0.6 is 0 Å². The number of hydrogen-bond acceptors (Lipinski definition) is 7. The number of fused-ring (bicyclic) bond motifs is 1. The highest BCUT2D eigenvalue weighted by molar-refractivity contribution is 6.26. The number of nitrogens with zero attached hydrogens (tertiary/aromatic N) is 2. The van der Waals surface area contributed by atoms with Gasteiger partial charge < -0.3 is 24.6 Å². The Bertz CT molecular complexity index is 1050. The standard InChI is InChI=1S/C17H15BF3N3O5/c1-27-10-4-2-9(8-3-5-12(17(19,20)21)23-13(8)10)15-24-14(16(25)26)11(29-15)6-18-28-7-22/h2-5,18H,6-7,22H2,1H3,(H,25,26). The zero-order valence-corrected chi connectivity index (χ0v) is 15.1. The summed E-state index contributed by atoms with van der Waals surface area (Å²) in [5.74, 6) is -1.20. The van der Waals surface area contributed by atoms with Crippen LogP contribution in [0, 0.1) is 0 Å². The summed E-state index contributed by atoms with van der Waals surface area (Å²) < 4.78 is 54.8. The minimum atomic E-state index is -4.63. The third kappa shape index (κ3) is 4.17. The number of ether oxygens (including phenoxy) is 1. The molecular formula is C17H15BF3N3O5. The Kier molecular flexibility index (Phi) is 5.75. The van der Waals surface area contributed by atoms with Crippen molar-refractivity contribution >= 4 is 24.4 Å². The molecule has 12 heteroatoms. The first-order chi connectivity index (χ1) is 13.8. The second kappa shape index (κ2) is 8.09. The maximum absolute atomic E-state index is 13.0. The van der Waals surface area contributed by atoms with Crippen LogP contribution in [0.4, 0.5) is 13.2 Å². The molecule has 0 radical (unpaired) electrons. The average molecular weight is 409 g/mol. The molecule has 3 aromatic rings. The molecule has 0 aliphatic carbocycles. The van der Waals surface area contributed by atoms with E-state index in [4.69, 9.17) is 19.5 Å². The molecule has 0 fully saturated rings. The van der Waals surface area contributed by atoms with Crippen LogP contribution < -0.4 is 10.5 Å². The fraction of sp³-hybridized carbons (Fsp3) is 0.235. The zero-order chi connectivity index (χ0) is 21.2. The predicted octanol–water partition coefficient (Wildman–Crippen LogP) is 2.40. The number of hydrogen-bond donors (Lipinski definition) is 2. The van der Waals surface area contributed by atoms with Gasteiger partial charge >= 0.3 is 12.1 Å². The van der Waals surface area contributed by atoms with Crippen LogP contribution in [0.5, 0.6) is 5.75 Å². The molecule has 0 aliphatic heterocycles. The molecule has 3 N–H and O–H groups in total. The molecule has 29 heavy (non-hydrogen) atoms. The van der Waals surface area contributed by atoms with E-state index < -0.39 is 17.8 Å². The first-order valence-electron chi connectivity index (χ1n) is 8.32. The number of carbonyl (C=O) groups is 1. The van der Waals surface area contributed by atoms with E-state index in [0.717, 1.165) is 6.07 Å². The fourth-order valence-electron chi connectivity index (χ4n) is 2.75. The minimum Gasteiger partial charge on any atom is -0.494 e. The predicted molar refractivity (Wildman–Crippen MR) is 96.7 cm³/mol. The van der Waals surface area contributed by atoms with Crippen molar-refractivity contribution < 1.29 is 36.9 Å². The van der Waals surface area contributed by atoms with E-state index in [2.05, 4.69) is 9.97 Å². The molecule has 8 nitrogen and oxygen atoms in total. The van der Waals surface area contributed by atoms with Crippen molar-refractivity contribution in [1.29, 1.82) is 0 Å². The molecule has 152 valence electrons. The summed E-state index contributed by atoms with van der Waals surface area (Å²) in [6.45, 7) is -0.0419. The quantitative estimate of drug-likeness (QED) is 0.347. The maximum Gasteiger partial charge on any atom is 0.433 e. The number of methoxy groups -OCH3 is 1. The van der Waals surface area contributed by atoms with Crippen molar-refractivity contribution in [2.75, 3.05) is 13.8 Å². The molecule has 3 rings (SSSR count). The number of halogens is 3. The Hall–Kier alpha value is -3.12. The summed E-state index contributed by atoms with van der Waals surface area (Å²) in [7, 11) is 1.42. The number of rotatable bonds is 7. The first kappa shape index (κ1) is 20.6. The lowest BCUT2D eigenvalue weighted by Gasteiger charge is -2.11. The lowest BCUT2D eigenvalue weighted by Crippen LogP contribution is -2.12. The highest BCUT2D eigenvalue weighted by atomic mass is 19.4. The fourth-order valence-corrected chi connectivity index (χ4v) is 2.75. The van der Waals surface area contributed by atoms with Crippen LogP contribution in [-0.2, 0) is 17.2 Å². The second-order valence-electron chi connectivity index (χ2n) is 5.83. The van der Waals surface area contributed by atoms with Crippen molar-refractivity contribution in [2.45, 2.75) is 12.5 Å². The topological polar surface area (TPSA) is 121 Å². The van der Waals surface area contributed by atoms with Gasteiger partial charge in [-0.25, -0.2) is 14.8 Å². The van der Waals surface area contributed by atoms with Gasteiger partial charge in [0, 0.05) is 17.3 Å². The van der Waals surface area contributed by atoms with Crippen molar-refractivity contribution in [3.8, 4) is 17.2 Å². The van der Waals surface area contributed by atoms with Gasteiger partial charge in [-0.1, -0.05) is 0 Å². The summed E-state index contributed by atoms with van der Waals surface area (Å²) in [4.78, 5) is 19.1. The van der Waals surface area contributed by atoms with Gasteiger partial charge in [-0.05, 0) is 24.3 Å². The lowest BCUT2D eigenvalue weighted by atomic mass is 9.93. The molecular weight excluding hydrogens is 394 g/mol. The van der Waals surface area contributed by atoms with E-state index in [1.165, 1.54) is 25.3 Å². The molecule has 2 heterocycles. The van der Waals surface area contributed by atoms with Crippen LogP contribution in [0.2, 0.25) is 0 Å². The average Bonchev–Trinajstić information content (AvgIpc) is 3.10. The second-order valence-corrected chi connectivity index (χ2v) is 5.83. The Labute approximate surface area is 162 Å². The van der Waals surface area contributed by atoms with Gasteiger partial charge in [-0.15, -0.1) is 0 Å². The van der Waals surface area contributed by atoms with Crippen LogP contribution in [0.15, 0.2) is 28.7 Å². The third-order valence-corrected chi connectivity index (χ3v) is 4.05. The highest BCUT2D eigenvalue weighted by Crippen LogP contribution is 2.36. The molecule has 0 saturated heterocycles. The van der Waals surface area contributed by atoms with Gasteiger partial charge in [-0.2, -0.15) is 13.2 Å². The molecule has 0 atom stereocenters. The van der Waals surface area contributed by atoms with E-state index in [0.29, 0.717) is 0 Å². The lowest BCUT2D eigenvalue weighted by molar-refractivity contribution is -0.140. The highest BCUT2D eigenvalue weighted by Gasteiger charge is 2.33. The number of carboxylic acids is 1. The van der Waals surface area contributed by atoms with Crippen LogP contribution in [0.3, 0.4) is 0 Å².